The van der Waals surface area contributed by atoms with E-state index in [9.17, 15) is 4.79 Å². The van der Waals surface area contributed by atoms with Crippen molar-refractivity contribution in [2.75, 3.05) is 17.7 Å². The summed E-state index contributed by atoms with van der Waals surface area (Å²) in [4.78, 5) is 12.6. The Hall–Kier alpha value is -2.83. The SMILES string of the molecule is COc1cccc([C@@H]2Nc3nonc3NC3=C2C(=O)CCC3)c1. The molecule has 0 saturated heterocycles. The molecule has 0 radical (unpaired) electrons. The van der Waals surface area contributed by atoms with Gasteiger partial charge in [-0.25, -0.2) is 4.63 Å². The molecule has 7 heteroatoms. The summed E-state index contributed by atoms with van der Waals surface area (Å²) in [7, 11) is 1.62. The lowest BCUT2D eigenvalue weighted by molar-refractivity contribution is -0.116. The first-order valence-electron chi connectivity index (χ1n) is 7.52. The standard InChI is InChI=1S/C16H16N4O3/c1-22-10-5-2-4-9(8-10)14-13-11(6-3-7-12(13)21)17-15-16(18-14)20-23-19-15/h2,4-5,8,14H,3,6-7H2,1H3,(H,17,19)(H,18,20)/t14-/m0/s1. The molecule has 0 saturated carbocycles. The maximum absolute atomic E-state index is 12.6. The van der Waals surface area contributed by atoms with Crippen molar-refractivity contribution in [3.63, 3.8) is 0 Å². The average molecular weight is 312 g/mol. The number of hydrogen-bond acceptors (Lipinski definition) is 7. The van der Waals surface area contributed by atoms with E-state index < -0.39 is 0 Å². The molecule has 1 aliphatic heterocycles. The minimum Gasteiger partial charge on any atom is -0.497 e. The van der Waals surface area contributed by atoms with Crippen LogP contribution in [0.25, 0.3) is 0 Å². The van der Waals surface area contributed by atoms with Crippen LogP contribution in [0, 0.1) is 0 Å². The monoisotopic (exact) mass is 312 g/mol. The average Bonchev–Trinajstić information content (AvgIpc) is 2.94. The zero-order valence-electron chi connectivity index (χ0n) is 12.6. The van der Waals surface area contributed by atoms with Gasteiger partial charge in [0.15, 0.2) is 5.78 Å². The molecule has 118 valence electrons. The zero-order chi connectivity index (χ0) is 15.8. The third-order valence-corrected chi connectivity index (χ3v) is 4.21. The molecular weight excluding hydrogens is 296 g/mol. The van der Waals surface area contributed by atoms with Gasteiger partial charge in [-0.05, 0) is 40.9 Å². The van der Waals surface area contributed by atoms with E-state index in [-0.39, 0.29) is 11.8 Å². The van der Waals surface area contributed by atoms with Crippen molar-refractivity contribution in [3.05, 3.63) is 41.1 Å². The largest absolute Gasteiger partial charge is 0.497 e. The fourth-order valence-corrected chi connectivity index (χ4v) is 3.12. The molecule has 0 amide bonds. The number of aromatic nitrogens is 2. The molecule has 0 spiro atoms. The van der Waals surface area contributed by atoms with E-state index in [0.717, 1.165) is 35.4 Å². The number of carbonyl (C=O) groups is 1. The fourth-order valence-electron chi connectivity index (χ4n) is 3.12. The molecule has 1 aliphatic carbocycles. The van der Waals surface area contributed by atoms with Crippen LogP contribution in [-0.4, -0.2) is 23.2 Å². The molecular formula is C16H16N4O3. The van der Waals surface area contributed by atoms with Crippen molar-refractivity contribution in [2.24, 2.45) is 0 Å². The van der Waals surface area contributed by atoms with Crippen LogP contribution >= 0.6 is 0 Å². The summed E-state index contributed by atoms with van der Waals surface area (Å²) in [5, 5.41) is 14.2. The van der Waals surface area contributed by atoms with E-state index in [1.165, 1.54) is 0 Å². The number of nitrogens with zero attached hydrogens (tertiary/aromatic N) is 2. The summed E-state index contributed by atoms with van der Waals surface area (Å²) in [6, 6.07) is 7.35. The number of hydrogen-bond donors (Lipinski definition) is 2. The minimum atomic E-state index is -0.312. The molecule has 2 aliphatic rings. The molecule has 1 aromatic heterocycles. The number of ketones is 1. The van der Waals surface area contributed by atoms with Gasteiger partial charge in [-0.1, -0.05) is 12.1 Å². The van der Waals surface area contributed by atoms with Gasteiger partial charge in [0, 0.05) is 17.7 Å². The number of anilines is 2. The summed E-state index contributed by atoms with van der Waals surface area (Å²) < 4.78 is 10.1. The Labute approximate surface area is 132 Å². The molecule has 7 nitrogen and oxygen atoms in total. The molecule has 2 aromatic rings. The van der Waals surface area contributed by atoms with Crippen molar-refractivity contribution >= 4 is 17.4 Å². The van der Waals surface area contributed by atoms with E-state index >= 15 is 0 Å². The lowest BCUT2D eigenvalue weighted by Crippen LogP contribution is -2.23. The van der Waals surface area contributed by atoms with Crippen molar-refractivity contribution in [3.8, 4) is 5.75 Å². The maximum Gasteiger partial charge on any atom is 0.219 e. The summed E-state index contributed by atoms with van der Waals surface area (Å²) in [6.45, 7) is 0. The topological polar surface area (TPSA) is 89.3 Å². The van der Waals surface area contributed by atoms with Gasteiger partial charge in [0.05, 0.1) is 13.2 Å². The van der Waals surface area contributed by atoms with E-state index in [1.54, 1.807) is 7.11 Å². The van der Waals surface area contributed by atoms with E-state index in [1.807, 2.05) is 24.3 Å². The highest BCUT2D eigenvalue weighted by atomic mass is 16.6. The number of ether oxygens (including phenoxy) is 1. The number of nitrogens with one attached hydrogen (secondary N) is 2. The number of methoxy groups -OCH3 is 1. The van der Waals surface area contributed by atoms with Crippen LogP contribution in [0.2, 0.25) is 0 Å². The summed E-state index contributed by atoms with van der Waals surface area (Å²) in [6.07, 6.45) is 2.18. The summed E-state index contributed by atoms with van der Waals surface area (Å²) in [5.41, 5.74) is 2.56. The highest BCUT2D eigenvalue weighted by molar-refractivity contribution is 6.00. The second kappa shape index (κ2) is 5.42. The molecule has 1 aromatic carbocycles. The van der Waals surface area contributed by atoms with Crippen LogP contribution in [0.3, 0.4) is 0 Å². The lowest BCUT2D eigenvalue weighted by Gasteiger charge is -2.25. The van der Waals surface area contributed by atoms with Crippen LogP contribution < -0.4 is 15.4 Å². The second-order valence-electron chi connectivity index (χ2n) is 5.61. The van der Waals surface area contributed by atoms with Crippen LogP contribution in [0.4, 0.5) is 11.6 Å². The Balaban J connectivity index is 1.85. The van der Waals surface area contributed by atoms with Gasteiger partial charge < -0.3 is 15.4 Å². The van der Waals surface area contributed by atoms with Crippen molar-refractivity contribution in [1.29, 1.82) is 0 Å². The number of carbonyl (C=O) groups excluding carboxylic acids is 1. The fraction of sp³-hybridized carbons (Fsp3) is 0.312. The smallest absolute Gasteiger partial charge is 0.219 e. The van der Waals surface area contributed by atoms with Crippen LogP contribution in [-0.2, 0) is 4.79 Å². The van der Waals surface area contributed by atoms with Crippen molar-refractivity contribution in [1.82, 2.24) is 10.3 Å². The first-order valence-corrected chi connectivity index (χ1v) is 7.52. The maximum atomic E-state index is 12.6. The van der Waals surface area contributed by atoms with Crippen molar-refractivity contribution < 1.29 is 14.2 Å². The molecule has 1 atom stereocenters. The third kappa shape index (κ3) is 2.34. The quantitative estimate of drug-likeness (QED) is 0.881. The molecule has 0 fully saturated rings. The molecule has 0 bridgehead atoms. The highest BCUT2D eigenvalue weighted by Gasteiger charge is 2.33. The zero-order valence-corrected chi connectivity index (χ0v) is 12.6. The van der Waals surface area contributed by atoms with Crippen LogP contribution in [0.15, 0.2) is 40.2 Å². The van der Waals surface area contributed by atoms with Gasteiger partial charge in [-0.3, -0.25) is 4.79 Å². The van der Waals surface area contributed by atoms with Gasteiger partial charge in [0.1, 0.15) is 5.75 Å². The Morgan fingerprint density at radius 1 is 1.26 bits per heavy atom. The number of fused-ring (bicyclic) bond motifs is 1. The molecule has 4 rings (SSSR count). The Morgan fingerprint density at radius 3 is 3.00 bits per heavy atom. The Morgan fingerprint density at radius 2 is 2.13 bits per heavy atom. The number of Topliss-reactive ketones (excluding diaryl/α,β-unsaturated/α-hetero) is 1. The molecule has 23 heavy (non-hydrogen) atoms. The lowest BCUT2D eigenvalue weighted by atomic mass is 9.87. The van der Waals surface area contributed by atoms with Gasteiger partial charge in [0.25, 0.3) is 0 Å². The predicted octanol–water partition coefficient (Wildman–Crippen LogP) is 2.66. The Kier molecular flexibility index (Phi) is 3.25. The van der Waals surface area contributed by atoms with Gasteiger partial charge in [0.2, 0.25) is 11.6 Å². The predicted molar refractivity (Wildman–Crippen MR) is 83.2 cm³/mol. The van der Waals surface area contributed by atoms with E-state index in [4.69, 9.17) is 9.37 Å². The van der Waals surface area contributed by atoms with Gasteiger partial charge in [-0.15, -0.1) is 0 Å². The third-order valence-electron chi connectivity index (χ3n) is 4.21. The normalized spacial score (nSPS) is 20.0. The first kappa shape index (κ1) is 13.8. The molecule has 0 unspecified atom stereocenters. The number of benzene rings is 1. The van der Waals surface area contributed by atoms with E-state index in [0.29, 0.717) is 18.1 Å². The first-order chi connectivity index (χ1) is 11.3. The van der Waals surface area contributed by atoms with Crippen LogP contribution in [0.5, 0.6) is 5.75 Å². The van der Waals surface area contributed by atoms with Crippen LogP contribution in [0.1, 0.15) is 30.9 Å². The number of allylic oxidation sites excluding steroid dienone is 1. The minimum absolute atomic E-state index is 0.140. The van der Waals surface area contributed by atoms with Crippen molar-refractivity contribution in [2.45, 2.75) is 25.3 Å². The Bertz CT molecular complexity index is 796. The second-order valence-corrected chi connectivity index (χ2v) is 5.61. The molecule has 2 heterocycles. The molecule has 2 N–H and O–H groups in total. The summed E-state index contributed by atoms with van der Waals surface area (Å²) >= 11 is 0. The number of rotatable bonds is 2. The van der Waals surface area contributed by atoms with Gasteiger partial charge in [-0.2, -0.15) is 0 Å². The van der Waals surface area contributed by atoms with E-state index in [2.05, 4.69) is 20.9 Å². The van der Waals surface area contributed by atoms with Gasteiger partial charge >= 0.3 is 0 Å². The summed E-state index contributed by atoms with van der Waals surface area (Å²) in [5.74, 6) is 1.89. The highest BCUT2D eigenvalue weighted by Crippen LogP contribution is 2.39.